The number of para-hydroxylation sites is 1. The minimum atomic E-state index is -5.37. The summed E-state index contributed by atoms with van der Waals surface area (Å²) in [5.74, 6) is -5.17. The number of halogens is 6. The van der Waals surface area contributed by atoms with Crippen LogP contribution < -0.4 is 25.7 Å². The number of amides is 1. The van der Waals surface area contributed by atoms with E-state index >= 15 is 0 Å². The number of fused-ring (bicyclic) bond motifs is 1. The monoisotopic (exact) mass is 868 g/mol. The number of ether oxygens (including phenoxy) is 4. The molecule has 3 N–H and O–H groups in total. The van der Waals surface area contributed by atoms with E-state index in [1.807, 2.05) is 66.7 Å². The fraction of sp³-hybridized carbons (Fsp3) is 0.318. The number of carbonyl (C=O) groups is 3. The van der Waals surface area contributed by atoms with Crippen molar-refractivity contribution in [1.82, 2.24) is 15.2 Å². The van der Waals surface area contributed by atoms with Crippen molar-refractivity contribution in [1.29, 1.82) is 0 Å². The smallest absolute Gasteiger partial charge is 0.491 e. The average molecular weight is 869 g/mol. The molecule has 2 heterocycles. The second-order valence-electron chi connectivity index (χ2n) is 14.3. The lowest BCUT2D eigenvalue weighted by Crippen LogP contribution is -2.39. The zero-order valence-electron chi connectivity index (χ0n) is 33.0. The Hall–Kier alpha value is -6.40. The maximum Gasteiger partial charge on any atom is 0.491 e. The second kappa shape index (κ2) is 20.4. The third-order valence-electron chi connectivity index (χ3n) is 9.94. The van der Waals surface area contributed by atoms with Crippen LogP contribution >= 0.6 is 0 Å². The predicted octanol–water partition coefficient (Wildman–Crippen LogP) is 8.12. The SMILES string of the molecule is O=C(Nc1ccccc1-c1ccccc1)OC1CCN(CCCOc2ccc(CCNC[C@H](OC(=O)C(F)(F)F)c3ccc(OC(=O)C(F)(F)F)c4[nH]c(=O)ccc34)cc2)CC1. The number of H-pyrrole nitrogens is 1. The summed E-state index contributed by atoms with van der Waals surface area (Å²) in [6, 6.07) is 28.5. The van der Waals surface area contributed by atoms with E-state index < -0.39 is 53.3 Å². The van der Waals surface area contributed by atoms with Gasteiger partial charge in [0.05, 0.1) is 17.8 Å². The molecule has 0 spiro atoms. The van der Waals surface area contributed by atoms with Crippen molar-refractivity contribution in [3.63, 3.8) is 0 Å². The van der Waals surface area contributed by atoms with Crippen LogP contribution in [-0.4, -0.2) is 85.7 Å². The van der Waals surface area contributed by atoms with Crippen molar-refractivity contribution < 1.29 is 59.7 Å². The highest BCUT2D eigenvalue weighted by Gasteiger charge is 2.43. The van der Waals surface area contributed by atoms with E-state index in [1.165, 1.54) is 0 Å². The van der Waals surface area contributed by atoms with Gasteiger partial charge in [-0.3, -0.25) is 10.1 Å². The van der Waals surface area contributed by atoms with Gasteiger partial charge in [-0.2, -0.15) is 26.3 Å². The van der Waals surface area contributed by atoms with E-state index in [0.29, 0.717) is 37.3 Å². The highest BCUT2D eigenvalue weighted by Crippen LogP contribution is 2.34. The van der Waals surface area contributed by atoms with Crippen LogP contribution in [0.2, 0.25) is 0 Å². The Morgan fingerprint density at radius 1 is 0.806 bits per heavy atom. The van der Waals surface area contributed by atoms with E-state index in [0.717, 1.165) is 67.0 Å². The van der Waals surface area contributed by atoms with E-state index in [2.05, 4.69) is 25.3 Å². The number of benzene rings is 4. The summed E-state index contributed by atoms with van der Waals surface area (Å²) in [5.41, 5.74) is 2.11. The number of aromatic amines is 1. The number of carbonyl (C=O) groups excluding carboxylic acids is 3. The Kier molecular flexibility index (Phi) is 14.9. The first-order valence-corrected chi connectivity index (χ1v) is 19.6. The number of likely N-dealkylation sites (tertiary alicyclic amines) is 1. The third-order valence-corrected chi connectivity index (χ3v) is 9.94. The summed E-state index contributed by atoms with van der Waals surface area (Å²) >= 11 is 0. The molecule has 1 aliphatic heterocycles. The van der Waals surface area contributed by atoms with Gasteiger partial charge >= 0.3 is 30.4 Å². The molecule has 1 atom stereocenters. The zero-order valence-corrected chi connectivity index (χ0v) is 33.0. The third kappa shape index (κ3) is 12.6. The number of nitrogens with one attached hydrogen (secondary N) is 3. The van der Waals surface area contributed by atoms with Gasteiger partial charge in [0.25, 0.3) is 0 Å². The molecule has 0 aliphatic carbocycles. The van der Waals surface area contributed by atoms with E-state index in [1.54, 1.807) is 12.1 Å². The maximum atomic E-state index is 13.2. The summed E-state index contributed by atoms with van der Waals surface area (Å²) in [4.78, 5) is 52.7. The number of hydrogen-bond acceptors (Lipinski definition) is 10. The molecule has 1 aromatic heterocycles. The molecule has 18 heteroatoms. The molecule has 6 rings (SSSR count). The molecule has 5 aromatic rings. The molecule has 0 bridgehead atoms. The maximum absolute atomic E-state index is 13.2. The van der Waals surface area contributed by atoms with Crippen LogP contribution in [0.25, 0.3) is 22.0 Å². The molecule has 0 saturated carbocycles. The van der Waals surface area contributed by atoms with Gasteiger partial charge in [0, 0.05) is 48.8 Å². The van der Waals surface area contributed by atoms with E-state index in [4.69, 9.17) is 14.2 Å². The standard InChI is InChI=1S/C44H42F6N4O8/c45-43(46,47)40(56)61-36-17-15-33(34-16-18-38(55)53-39(34)36)37(62-41(57)44(48,49)50)27-51-22-19-28-11-13-30(14-12-28)59-26-6-23-54-24-20-31(21-25-54)60-42(58)52-35-10-5-4-9-32(35)29-7-2-1-3-8-29/h1-5,7-18,31,37,51H,6,19-27H2,(H,52,58)(H,53,55)/t37-/m0/s1. The van der Waals surface area contributed by atoms with Gasteiger partial charge < -0.3 is 34.1 Å². The van der Waals surface area contributed by atoms with Crippen LogP contribution in [0.3, 0.4) is 0 Å². The average Bonchev–Trinajstić information content (AvgIpc) is 3.24. The van der Waals surface area contributed by atoms with Gasteiger partial charge in [-0.25, -0.2) is 14.4 Å². The highest BCUT2D eigenvalue weighted by molar-refractivity contribution is 5.92. The lowest BCUT2D eigenvalue weighted by Gasteiger charge is -2.31. The molecule has 4 aromatic carbocycles. The summed E-state index contributed by atoms with van der Waals surface area (Å²) < 4.78 is 99.2. The fourth-order valence-electron chi connectivity index (χ4n) is 6.88. The summed E-state index contributed by atoms with van der Waals surface area (Å²) in [6.45, 7) is 2.68. The molecule has 1 amide bonds. The van der Waals surface area contributed by atoms with Crippen molar-refractivity contribution in [3.8, 4) is 22.6 Å². The van der Waals surface area contributed by atoms with Crippen molar-refractivity contribution in [2.45, 2.75) is 50.2 Å². The summed E-state index contributed by atoms with van der Waals surface area (Å²) in [6.07, 6.45) is -10.4. The molecule has 1 fully saturated rings. The number of rotatable bonds is 16. The number of esters is 2. The Morgan fingerprint density at radius 2 is 1.50 bits per heavy atom. The van der Waals surface area contributed by atoms with Crippen LogP contribution in [0, 0.1) is 0 Å². The molecule has 62 heavy (non-hydrogen) atoms. The van der Waals surface area contributed by atoms with Crippen LogP contribution in [0.5, 0.6) is 11.5 Å². The molecule has 0 unspecified atom stereocenters. The van der Waals surface area contributed by atoms with Crippen LogP contribution in [-0.2, 0) is 25.5 Å². The Labute approximate surface area is 351 Å². The number of alkyl halides is 6. The molecule has 328 valence electrons. The van der Waals surface area contributed by atoms with Crippen LogP contribution in [0.15, 0.2) is 108 Å². The quantitative estimate of drug-likeness (QED) is 0.0385. The van der Waals surface area contributed by atoms with Gasteiger partial charge in [-0.15, -0.1) is 0 Å². The lowest BCUT2D eigenvalue weighted by atomic mass is 10.0. The van der Waals surface area contributed by atoms with Crippen molar-refractivity contribution in [3.05, 3.63) is 125 Å². The normalized spacial score (nSPS) is 14.2. The molecule has 1 aliphatic rings. The van der Waals surface area contributed by atoms with Gasteiger partial charge in [0.2, 0.25) is 5.56 Å². The Balaban J connectivity index is 0.931. The molecule has 12 nitrogen and oxygen atoms in total. The fourth-order valence-corrected chi connectivity index (χ4v) is 6.88. The predicted molar refractivity (Wildman–Crippen MR) is 216 cm³/mol. The largest absolute Gasteiger partial charge is 0.494 e. The second-order valence-corrected chi connectivity index (χ2v) is 14.3. The van der Waals surface area contributed by atoms with Gasteiger partial charge in [-0.1, -0.05) is 66.7 Å². The highest BCUT2D eigenvalue weighted by atomic mass is 19.4. The zero-order chi connectivity index (χ0) is 44.3. The Morgan fingerprint density at radius 3 is 2.21 bits per heavy atom. The molecule has 0 radical (unpaired) electrons. The minimum absolute atomic E-state index is 0.102. The number of hydrogen-bond donors (Lipinski definition) is 3. The van der Waals surface area contributed by atoms with Gasteiger partial charge in [0.1, 0.15) is 18.0 Å². The van der Waals surface area contributed by atoms with Crippen LogP contribution in [0.4, 0.5) is 36.8 Å². The first-order valence-electron chi connectivity index (χ1n) is 19.6. The first kappa shape index (κ1) is 45.1. The van der Waals surface area contributed by atoms with Crippen molar-refractivity contribution in [2.75, 3.05) is 44.6 Å². The lowest BCUT2D eigenvalue weighted by molar-refractivity contribution is -0.205. The summed E-state index contributed by atoms with van der Waals surface area (Å²) in [7, 11) is 0. The van der Waals surface area contributed by atoms with Crippen molar-refractivity contribution >= 4 is 34.6 Å². The number of anilines is 1. The van der Waals surface area contributed by atoms with Crippen LogP contribution in [0.1, 0.15) is 36.5 Å². The van der Waals surface area contributed by atoms with E-state index in [9.17, 15) is 45.5 Å². The molecular weight excluding hydrogens is 826 g/mol. The number of pyridine rings is 1. The number of aromatic nitrogens is 1. The van der Waals surface area contributed by atoms with Crippen molar-refractivity contribution in [2.24, 2.45) is 0 Å². The number of nitrogens with zero attached hydrogens (tertiary/aromatic N) is 1. The first-order chi connectivity index (χ1) is 29.6. The molecule has 1 saturated heterocycles. The van der Waals surface area contributed by atoms with E-state index in [-0.39, 0.29) is 30.1 Å². The van der Waals surface area contributed by atoms with Gasteiger partial charge in [0.15, 0.2) is 5.75 Å². The Bertz CT molecular complexity index is 2370. The van der Waals surface area contributed by atoms with Gasteiger partial charge in [-0.05, 0) is 73.7 Å². The summed E-state index contributed by atoms with van der Waals surface area (Å²) in [5, 5.41) is 5.71. The minimum Gasteiger partial charge on any atom is -0.494 e. The topological polar surface area (TPSA) is 148 Å². The molecular formula is C44H42F6N4O8. The number of piperidine rings is 1.